The number of aliphatic hydroxyl groups is 2. The van der Waals surface area contributed by atoms with Gasteiger partial charge in [0.1, 0.15) is 0 Å². The van der Waals surface area contributed by atoms with E-state index in [4.69, 9.17) is 9.47 Å². The molecule has 0 bridgehead atoms. The Kier molecular flexibility index (Phi) is 7.87. The van der Waals surface area contributed by atoms with Crippen molar-refractivity contribution >= 4 is 0 Å². The van der Waals surface area contributed by atoms with Gasteiger partial charge in [0, 0.05) is 19.7 Å². The second kappa shape index (κ2) is 8.87. The summed E-state index contributed by atoms with van der Waals surface area (Å²) in [6.45, 7) is 6.26. The number of nitrogens with zero attached hydrogens (tertiary/aromatic N) is 1. The molecular formula is C14H29NO4. The predicted octanol–water partition coefficient (Wildman–Crippen LogP) is 0.634. The maximum absolute atomic E-state index is 10.0. The topological polar surface area (TPSA) is 62.2 Å². The highest BCUT2D eigenvalue weighted by molar-refractivity contribution is 4.82. The van der Waals surface area contributed by atoms with Crippen molar-refractivity contribution in [1.82, 2.24) is 4.90 Å². The molecule has 5 nitrogen and oxygen atoms in total. The van der Waals surface area contributed by atoms with Crippen LogP contribution in [0.15, 0.2) is 0 Å². The Balaban J connectivity index is 2.24. The summed E-state index contributed by atoms with van der Waals surface area (Å²) in [5.41, 5.74) is 0. The molecule has 0 aromatic heterocycles. The molecule has 1 rings (SSSR count). The number of aliphatic hydroxyl groups excluding tert-OH is 2. The Labute approximate surface area is 116 Å². The molecule has 1 aliphatic rings. The van der Waals surface area contributed by atoms with E-state index in [1.54, 1.807) is 7.11 Å². The lowest BCUT2D eigenvalue weighted by molar-refractivity contribution is -0.0415. The van der Waals surface area contributed by atoms with Gasteiger partial charge in [-0.05, 0) is 39.7 Å². The van der Waals surface area contributed by atoms with Crippen molar-refractivity contribution in [2.45, 2.75) is 57.5 Å². The monoisotopic (exact) mass is 275 g/mol. The Bertz CT molecular complexity index is 237. The molecule has 0 amide bonds. The number of hydrogen-bond acceptors (Lipinski definition) is 5. The fraction of sp³-hybridized carbons (Fsp3) is 1.00. The molecule has 0 spiro atoms. The van der Waals surface area contributed by atoms with Gasteiger partial charge in [-0.1, -0.05) is 0 Å². The standard InChI is InChI=1S/C14H29NO4/c1-11(16)7-13-5-4-6-15(13)8-14(17)10-19-12(2)9-18-3/h11-14,16-17H,4-10H2,1-3H3/t11-,12-,13+,14+/m0/s1. The summed E-state index contributed by atoms with van der Waals surface area (Å²) in [7, 11) is 1.64. The lowest BCUT2D eigenvalue weighted by Gasteiger charge is -2.28. The van der Waals surface area contributed by atoms with Crippen LogP contribution in [0.5, 0.6) is 0 Å². The molecule has 0 aromatic carbocycles. The van der Waals surface area contributed by atoms with E-state index in [9.17, 15) is 10.2 Å². The third kappa shape index (κ3) is 6.68. The van der Waals surface area contributed by atoms with Crippen LogP contribution in [0.25, 0.3) is 0 Å². The smallest absolute Gasteiger partial charge is 0.0900 e. The molecule has 2 N–H and O–H groups in total. The van der Waals surface area contributed by atoms with Gasteiger partial charge in [-0.3, -0.25) is 4.90 Å². The Morgan fingerprint density at radius 2 is 2.00 bits per heavy atom. The van der Waals surface area contributed by atoms with Crippen LogP contribution in [-0.2, 0) is 9.47 Å². The van der Waals surface area contributed by atoms with E-state index in [0.29, 0.717) is 25.8 Å². The van der Waals surface area contributed by atoms with Gasteiger partial charge in [0.05, 0.1) is 31.5 Å². The number of methoxy groups -OCH3 is 1. The number of likely N-dealkylation sites (tertiary alicyclic amines) is 1. The first kappa shape index (κ1) is 16.9. The number of ether oxygens (including phenoxy) is 2. The van der Waals surface area contributed by atoms with Crippen LogP contribution >= 0.6 is 0 Å². The minimum Gasteiger partial charge on any atom is -0.393 e. The highest BCUT2D eigenvalue weighted by Gasteiger charge is 2.27. The maximum atomic E-state index is 10.0. The molecule has 1 heterocycles. The van der Waals surface area contributed by atoms with Crippen molar-refractivity contribution < 1.29 is 19.7 Å². The van der Waals surface area contributed by atoms with Crippen molar-refractivity contribution in [2.75, 3.05) is 33.4 Å². The van der Waals surface area contributed by atoms with Gasteiger partial charge in [-0.2, -0.15) is 0 Å². The van der Waals surface area contributed by atoms with E-state index in [0.717, 1.165) is 25.8 Å². The van der Waals surface area contributed by atoms with Crippen LogP contribution in [0.2, 0.25) is 0 Å². The first-order valence-electron chi connectivity index (χ1n) is 7.23. The molecule has 0 aromatic rings. The molecule has 19 heavy (non-hydrogen) atoms. The molecule has 4 atom stereocenters. The molecule has 1 fully saturated rings. The summed E-state index contributed by atoms with van der Waals surface area (Å²) >= 11 is 0. The lowest BCUT2D eigenvalue weighted by Crippen LogP contribution is -2.39. The van der Waals surface area contributed by atoms with Gasteiger partial charge in [-0.25, -0.2) is 0 Å². The summed E-state index contributed by atoms with van der Waals surface area (Å²) in [5.74, 6) is 0. The van der Waals surface area contributed by atoms with Gasteiger partial charge < -0.3 is 19.7 Å². The minimum absolute atomic E-state index is 0.00601. The predicted molar refractivity (Wildman–Crippen MR) is 74.2 cm³/mol. The van der Waals surface area contributed by atoms with Crippen LogP contribution in [0, 0.1) is 0 Å². The zero-order valence-electron chi connectivity index (χ0n) is 12.4. The Morgan fingerprint density at radius 1 is 1.26 bits per heavy atom. The van der Waals surface area contributed by atoms with E-state index in [1.165, 1.54) is 0 Å². The van der Waals surface area contributed by atoms with Crippen LogP contribution in [-0.4, -0.2) is 72.9 Å². The van der Waals surface area contributed by atoms with Gasteiger partial charge in [-0.15, -0.1) is 0 Å². The first-order chi connectivity index (χ1) is 9.02. The van der Waals surface area contributed by atoms with Crippen LogP contribution in [0.1, 0.15) is 33.1 Å². The van der Waals surface area contributed by atoms with Crippen molar-refractivity contribution in [3.8, 4) is 0 Å². The molecule has 0 saturated carbocycles. The Morgan fingerprint density at radius 3 is 2.63 bits per heavy atom. The van der Waals surface area contributed by atoms with E-state index in [2.05, 4.69) is 4.90 Å². The zero-order valence-corrected chi connectivity index (χ0v) is 12.4. The summed E-state index contributed by atoms with van der Waals surface area (Å²) in [5, 5.41) is 19.5. The van der Waals surface area contributed by atoms with Gasteiger partial charge in [0.15, 0.2) is 0 Å². The third-order valence-corrected chi connectivity index (χ3v) is 3.53. The maximum Gasteiger partial charge on any atom is 0.0900 e. The van der Waals surface area contributed by atoms with Gasteiger partial charge in [0.25, 0.3) is 0 Å². The molecule has 114 valence electrons. The molecule has 0 unspecified atom stereocenters. The molecule has 1 saturated heterocycles. The SMILES string of the molecule is COC[C@H](C)OC[C@H](O)CN1CCC[C@@H]1C[C@H](C)O. The second-order valence-corrected chi connectivity index (χ2v) is 5.63. The van der Waals surface area contributed by atoms with E-state index in [1.807, 2.05) is 13.8 Å². The largest absolute Gasteiger partial charge is 0.393 e. The summed E-state index contributed by atoms with van der Waals surface area (Å²) in [6, 6.07) is 0.394. The normalized spacial score (nSPS) is 25.4. The van der Waals surface area contributed by atoms with Crippen molar-refractivity contribution in [3.05, 3.63) is 0 Å². The van der Waals surface area contributed by atoms with Crippen LogP contribution < -0.4 is 0 Å². The zero-order chi connectivity index (χ0) is 14.3. The van der Waals surface area contributed by atoms with Gasteiger partial charge >= 0.3 is 0 Å². The fourth-order valence-electron chi connectivity index (χ4n) is 2.68. The molecule has 0 aliphatic carbocycles. The highest BCUT2D eigenvalue weighted by Crippen LogP contribution is 2.21. The Hall–Kier alpha value is -0.200. The minimum atomic E-state index is -0.478. The average Bonchev–Trinajstić information content (AvgIpc) is 2.73. The summed E-state index contributed by atoms with van der Waals surface area (Å²) in [6.07, 6.45) is 2.29. The molecule has 5 heteroatoms. The van der Waals surface area contributed by atoms with Gasteiger partial charge in [0.2, 0.25) is 0 Å². The van der Waals surface area contributed by atoms with Crippen molar-refractivity contribution in [1.29, 1.82) is 0 Å². The average molecular weight is 275 g/mol. The van der Waals surface area contributed by atoms with Crippen LogP contribution in [0.3, 0.4) is 0 Å². The van der Waals surface area contributed by atoms with E-state index < -0.39 is 6.10 Å². The quantitative estimate of drug-likeness (QED) is 0.646. The lowest BCUT2D eigenvalue weighted by atomic mass is 10.1. The second-order valence-electron chi connectivity index (χ2n) is 5.63. The van der Waals surface area contributed by atoms with E-state index >= 15 is 0 Å². The summed E-state index contributed by atoms with van der Waals surface area (Å²) < 4.78 is 10.5. The molecule has 0 radical (unpaired) electrons. The van der Waals surface area contributed by atoms with E-state index in [-0.39, 0.29) is 12.2 Å². The fourth-order valence-corrected chi connectivity index (χ4v) is 2.68. The number of β-amino-alcohol motifs (C(OH)–C–C–N with tert-alkyl or cyclic N) is 1. The highest BCUT2D eigenvalue weighted by atomic mass is 16.5. The van der Waals surface area contributed by atoms with Crippen LogP contribution in [0.4, 0.5) is 0 Å². The number of rotatable bonds is 9. The van der Waals surface area contributed by atoms with Crippen molar-refractivity contribution in [2.24, 2.45) is 0 Å². The molecule has 1 aliphatic heterocycles. The summed E-state index contributed by atoms with van der Waals surface area (Å²) in [4.78, 5) is 2.27. The van der Waals surface area contributed by atoms with Crippen molar-refractivity contribution in [3.63, 3.8) is 0 Å². The number of hydrogen-bond donors (Lipinski definition) is 2. The third-order valence-electron chi connectivity index (χ3n) is 3.53. The molecular weight excluding hydrogens is 246 g/mol. The first-order valence-corrected chi connectivity index (χ1v) is 7.23.